The van der Waals surface area contributed by atoms with Crippen molar-refractivity contribution in [2.24, 2.45) is 5.92 Å². The summed E-state index contributed by atoms with van der Waals surface area (Å²) in [6, 6.07) is 2.16. The summed E-state index contributed by atoms with van der Waals surface area (Å²) in [6.07, 6.45) is 3.07. The number of nitrogens with one attached hydrogen (secondary N) is 1. The standard InChI is InChI=1S/C20H24ClF2N7O2/c1-12-16(8-30(28-12)19(3,4)10-24)26-18-25-7-15(21)17(27-18)32-9-14-5-6-29(13(2)31)11-20(14,22)23/h7-8,14H,5-6,9,11H2,1-4H3,(H,25,26,27). The highest BCUT2D eigenvalue weighted by Crippen LogP contribution is 2.34. The minimum Gasteiger partial charge on any atom is -0.476 e. The summed E-state index contributed by atoms with van der Waals surface area (Å²) < 4.78 is 35.9. The number of halogens is 3. The Labute approximate surface area is 189 Å². The van der Waals surface area contributed by atoms with Gasteiger partial charge in [0.05, 0.1) is 48.9 Å². The smallest absolute Gasteiger partial charge is 0.271 e. The van der Waals surface area contributed by atoms with Crippen LogP contribution in [0.15, 0.2) is 12.4 Å². The summed E-state index contributed by atoms with van der Waals surface area (Å²) in [7, 11) is 0. The number of rotatable bonds is 6. The molecule has 1 fully saturated rings. The molecule has 3 heterocycles. The highest BCUT2D eigenvalue weighted by atomic mass is 35.5. The van der Waals surface area contributed by atoms with Gasteiger partial charge in [-0.3, -0.25) is 9.48 Å². The van der Waals surface area contributed by atoms with Gasteiger partial charge < -0.3 is 15.0 Å². The van der Waals surface area contributed by atoms with Crippen molar-refractivity contribution in [1.29, 1.82) is 5.26 Å². The lowest BCUT2D eigenvalue weighted by molar-refractivity contribution is -0.151. The summed E-state index contributed by atoms with van der Waals surface area (Å²) in [5, 5.41) is 16.7. The molecule has 2 aromatic heterocycles. The van der Waals surface area contributed by atoms with Crippen molar-refractivity contribution in [3.8, 4) is 11.9 Å². The van der Waals surface area contributed by atoms with Crippen LogP contribution in [0.3, 0.4) is 0 Å². The lowest BCUT2D eigenvalue weighted by Crippen LogP contribution is -2.51. The number of carbonyl (C=O) groups excluding carboxylic acids is 1. The van der Waals surface area contributed by atoms with Gasteiger partial charge in [0.15, 0.2) is 0 Å². The van der Waals surface area contributed by atoms with Crippen LogP contribution < -0.4 is 10.1 Å². The lowest BCUT2D eigenvalue weighted by atomic mass is 9.93. The number of nitriles is 1. The molecule has 0 radical (unpaired) electrons. The Morgan fingerprint density at radius 1 is 1.50 bits per heavy atom. The van der Waals surface area contributed by atoms with Crippen molar-refractivity contribution < 1.29 is 18.3 Å². The molecule has 2 aromatic rings. The summed E-state index contributed by atoms with van der Waals surface area (Å²) in [6.45, 7) is 5.79. The second-order valence-corrected chi connectivity index (χ2v) is 8.62. The number of ether oxygens (including phenoxy) is 1. The molecular weight excluding hydrogens is 444 g/mol. The maximum Gasteiger partial charge on any atom is 0.271 e. The number of piperidine rings is 1. The van der Waals surface area contributed by atoms with E-state index in [2.05, 4.69) is 26.5 Å². The summed E-state index contributed by atoms with van der Waals surface area (Å²) in [5.74, 6) is -4.43. The number of amides is 1. The molecule has 3 rings (SSSR count). The third-order valence-corrected chi connectivity index (χ3v) is 5.58. The Hall–Kier alpha value is -3.00. The molecule has 1 atom stereocenters. The quantitative estimate of drug-likeness (QED) is 0.692. The van der Waals surface area contributed by atoms with Crippen LogP contribution in [-0.2, 0) is 10.3 Å². The van der Waals surface area contributed by atoms with E-state index in [-0.39, 0.29) is 42.3 Å². The van der Waals surface area contributed by atoms with Crippen molar-refractivity contribution >= 4 is 29.1 Å². The van der Waals surface area contributed by atoms with Gasteiger partial charge in [0.25, 0.3) is 5.92 Å². The Morgan fingerprint density at radius 2 is 2.22 bits per heavy atom. The number of aromatic nitrogens is 4. The molecule has 1 saturated heterocycles. The number of hydrogen-bond donors (Lipinski definition) is 1. The van der Waals surface area contributed by atoms with E-state index in [9.17, 15) is 18.8 Å². The normalized spacial score (nSPS) is 18.2. The highest BCUT2D eigenvalue weighted by molar-refractivity contribution is 6.31. The van der Waals surface area contributed by atoms with E-state index in [0.717, 1.165) is 4.90 Å². The first-order valence-electron chi connectivity index (χ1n) is 9.96. The molecule has 1 aliphatic rings. The first-order valence-corrected chi connectivity index (χ1v) is 10.3. The molecule has 1 aliphatic heterocycles. The van der Waals surface area contributed by atoms with Gasteiger partial charge in [0.1, 0.15) is 10.6 Å². The highest BCUT2D eigenvalue weighted by Gasteiger charge is 2.45. The number of anilines is 2. The zero-order chi connectivity index (χ0) is 23.7. The van der Waals surface area contributed by atoms with Crippen molar-refractivity contribution in [2.45, 2.75) is 45.6 Å². The molecule has 0 saturated carbocycles. The summed E-state index contributed by atoms with van der Waals surface area (Å²) in [4.78, 5) is 20.8. The van der Waals surface area contributed by atoms with Crippen LogP contribution in [0.25, 0.3) is 0 Å². The minimum atomic E-state index is -3.08. The second-order valence-electron chi connectivity index (χ2n) is 8.21. The number of alkyl halides is 2. The monoisotopic (exact) mass is 467 g/mol. The average Bonchev–Trinajstić information content (AvgIpc) is 3.09. The molecule has 172 valence electrons. The van der Waals surface area contributed by atoms with Gasteiger partial charge in [-0.1, -0.05) is 11.6 Å². The maximum absolute atomic E-state index is 14.4. The molecule has 12 heteroatoms. The van der Waals surface area contributed by atoms with E-state index in [0.29, 0.717) is 11.4 Å². The lowest BCUT2D eigenvalue weighted by Gasteiger charge is -2.37. The van der Waals surface area contributed by atoms with Gasteiger partial charge in [-0.05, 0) is 27.2 Å². The van der Waals surface area contributed by atoms with Crippen LogP contribution in [-0.4, -0.2) is 56.2 Å². The van der Waals surface area contributed by atoms with E-state index in [1.165, 1.54) is 17.8 Å². The number of nitrogens with zero attached hydrogens (tertiary/aromatic N) is 6. The molecule has 32 heavy (non-hydrogen) atoms. The Bertz CT molecular complexity index is 1050. The van der Waals surface area contributed by atoms with Gasteiger partial charge in [0, 0.05) is 13.5 Å². The second kappa shape index (κ2) is 8.86. The molecule has 0 aromatic carbocycles. The van der Waals surface area contributed by atoms with Crippen LogP contribution in [0.5, 0.6) is 5.88 Å². The molecule has 1 N–H and O–H groups in total. The number of likely N-dealkylation sites (tertiary alicyclic amines) is 1. The van der Waals surface area contributed by atoms with Gasteiger partial charge in [-0.2, -0.15) is 15.3 Å². The van der Waals surface area contributed by atoms with Crippen molar-refractivity contribution in [2.75, 3.05) is 25.0 Å². The number of hydrogen-bond acceptors (Lipinski definition) is 7. The van der Waals surface area contributed by atoms with Gasteiger partial charge in [0.2, 0.25) is 17.7 Å². The fraction of sp³-hybridized carbons (Fsp3) is 0.550. The first kappa shape index (κ1) is 23.7. The SMILES string of the molecule is CC(=O)N1CCC(COc2nc(Nc3cn(C(C)(C)C#N)nc3C)ncc2Cl)C(F)(F)C1. The number of carbonyl (C=O) groups is 1. The Morgan fingerprint density at radius 3 is 2.84 bits per heavy atom. The molecular formula is C20H24ClF2N7O2. The van der Waals surface area contributed by atoms with E-state index in [1.807, 2.05) is 0 Å². The number of aryl methyl sites for hydroxylation is 1. The Kier molecular flexibility index (Phi) is 6.55. The van der Waals surface area contributed by atoms with Crippen LogP contribution in [0.2, 0.25) is 5.02 Å². The molecule has 1 unspecified atom stereocenters. The van der Waals surface area contributed by atoms with Gasteiger partial charge >= 0.3 is 0 Å². The topological polar surface area (TPSA) is 109 Å². The predicted molar refractivity (Wildman–Crippen MR) is 113 cm³/mol. The molecule has 9 nitrogen and oxygen atoms in total. The summed E-state index contributed by atoms with van der Waals surface area (Å²) in [5.41, 5.74) is 0.346. The van der Waals surface area contributed by atoms with Crippen molar-refractivity contribution in [3.05, 3.63) is 23.1 Å². The molecule has 1 amide bonds. The predicted octanol–water partition coefficient (Wildman–Crippen LogP) is 3.52. The van der Waals surface area contributed by atoms with E-state index >= 15 is 0 Å². The van der Waals surface area contributed by atoms with E-state index in [4.69, 9.17) is 16.3 Å². The van der Waals surface area contributed by atoms with Gasteiger partial charge in [-0.25, -0.2) is 13.8 Å². The average molecular weight is 468 g/mol. The van der Waals surface area contributed by atoms with Crippen LogP contribution in [0, 0.1) is 24.2 Å². The van der Waals surface area contributed by atoms with Crippen molar-refractivity contribution in [1.82, 2.24) is 24.6 Å². The fourth-order valence-corrected chi connectivity index (χ4v) is 3.34. The van der Waals surface area contributed by atoms with E-state index < -0.39 is 23.9 Å². The van der Waals surface area contributed by atoms with Crippen LogP contribution in [0.4, 0.5) is 20.4 Å². The zero-order valence-electron chi connectivity index (χ0n) is 18.2. The molecule has 0 spiro atoms. The molecule has 0 bridgehead atoms. The van der Waals surface area contributed by atoms with Crippen LogP contribution >= 0.6 is 11.6 Å². The summed E-state index contributed by atoms with van der Waals surface area (Å²) >= 11 is 6.10. The Balaban J connectivity index is 1.71. The van der Waals surface area contributed by atoms with E-state index in [1.54, 1.807) is 27.0 Å². The molecule has 0 aliphatic carbocycles. The largest absolute Gasteiger partial charge is 0.476 e. The third kappa shape index (κ3) is 5.07. The van der Waals surface area contributed by atoms with Crippen molar-refractivity contribution in [3.63, 3.8) is 0 Å². The van der Waals surface area contributed by atoms with Crippen LogP contribution in [0.1, 0.15) is 32.9 Å². The fourth-order valence-electron chi connectivity index (χ4n) is 3.19. The zero-order valence-corrected chi connectivity index (χ0v) is 19.0. The first-order chi connectivity index (χ1) is 14.9. The minimum absolute atomic E-state index is 0.0311. The third-order valence-electron chi connectivity index (χ3n) is 5.32. The maximum atomic E-state index is 14.4. The van der Waals surface area contributed by atoms with Gasteiger partial charge in [-0.15, -0.1) is 0 Å².